The second kappa shape index (κ2) is 9.80. The van der Waals surface area contributed by atoms with Gasteiger partial charge in [-0.2, -0.15) is 10.5 Å². The Bertz CT molecular complexity index is 763. The van der Waals surface area contributed by atoms with Gasteiger partial charge >= 0.3 is 11.9 Å². The number of allylic oxidation sites excluding steroid dienone is 2. The second-order valence-electron chi connectivity index (χ2n) is 5.24. The lowest BCUT2D eigenvalue weighted by Crippen LogP contribution is -2.08. The highest BCUT2D eigenvalue weighted by atomic mass is 16.5. The Labute approximate surface area is 152 Å². The van der Waals surface area contributed by atoms with Crippen LogP contribution in [0.25, 0.3) is 11.1 Å². The highest BCUT2D eigenvalue weighted by molar-refractivity contribution is 6.02. The molecule has 6 nitrogen and oxygen atoms in total. The van der Waals surface area contributed by atoms with Crippen molar-refractivity contribution in [3.8, 4) is 12.1 Å². The van der Waals surface area contributed by atoms with Gasteiger partial charge in [-0.1, -0.05) is 24.3 Å². The van der Waals surface area contributed by atoms with Crippen molar-refractivity contribution in [2.75, 3.05) is 13.2 Å². The molecule has 0 heterocycles. The number of hydrogen-bond donors (Lipinski definition) is 0. The quantitative estimate of drug-likeness (QED) is 0.442. The predicted molar refractivity (Wildman–Crippen MR) is 96.1 cm³/mol. The fourth-order valence-electron chi connectivity index (χ4n) is 2.23. The van der Waals surface area contributed by atoms with Crippen LogP contribution in [0.4, 0.5) is 0 Å². The SMILES string of the molecule is CCOC(=O)C(C#N)=C(C)c1ccc(C(C)=C(C#N)C(=O)OCC)cc1. The van der Waals surface area contributed by atoms with Crippen molar-refractivity contribution < 1.29 is 19.1 Å². The average molecular weight is 352 g/mol. The summed E-state index contributed by atoms with van der Waals surface area (Å²) in [7, 11) is 0. The molecule has 1 rings (SSSR count). The van der Waals surface area contributed by atoms with Crippen LogP contribution in [-0.2, 0) is 19.1 Å². The van der Waals surface area contributed by atoms with Crippen LogP contribution in [0.5, 0.6) is 0 Å². The number of benzene rings is 1. The Morgan fingerprint density at radius 3 is 1.35 bits per heavy atom. The predicted octanol–water partition coefficient (Wildman–Crippen LogP) is 3.41. The van der Waals surface area contributed by atoms with Gasteiger partial charge in [0.25, 0.3) is 0 Å². The molecule has 0 saturated carbocycles. The van der Waals surface area contributed by atoms with Crippen molar-refractivity contribution in [2.45, 2.75) is 27.7 Å². The Balaban J connectivity index is 3.27. The van der Waals surface area contributed by atoms with Gasteiger partial charge in [0, 0.05) is 0 Å². The fraction of sp³-hybridized carbons (Fsp3) is 0.300. The standard InChI is InChI=1S/C20H20N2O4/c1-5-25-19(23)17(11-21)13(3)15-7-9-16(10-8-15)14(4)18(12-22)20(24)26-6-2/h7-10H,5-6H2,1-4H3. The Kier molecular flexibility index (Phi) is 7.79. The molecule has 0 aromatic heterocycles. The smallest absolute Gasteiger partial charge is 0.349 e. The van der Waals surface area contributed by atoms with Gasteiger partial charge < -0.3 is 9.47 Å². The van der Waals surface area contributed by atoms with Crippen LogP contribution < -0.4 is 0 Å². The molecule has 0 N–H and O–H groups in total. The third-order valence-electron chi connectivity index (χ3n) is 3.68. The molecule has 6 heteroatoms. The number of esters is 2. The first-order valence-electron chi connectivity index (χ1n) is 8.08. The number of carbonyl (C=O) groups excluding carboxylic acids is 2. The summed E-state index contributed by atoms with van der Waals surface area (Å²) in [6.45, 7) is 7.03. The summed E-state index contributed by atoms with van der Waals surface area (Å²) in [4.78, 5) is 23.7. The zero-order valence-electron chi connectivity index (χ0n) is 15.3. The number of ether oxygens (including phenoxy) is 2. The molecule has 0 bridgehead atoms. The summed E-state index contributed by atoms with van der Waals surface area (Å²) in [5, 5.41) is 18.4. The molecule has 1 aromatic carbocycles. The first-order chi connectivity index (χ1) is 12.4. The van der Waals surface area contributed by atoms with Gasteiger partial charge in [0.15, 0.2) is 0 Å². The van der Waals surface area contributed by atoms with E-state index in [4.69, 9.17) is 9.47 Å². The van der Waals surface area contributed by atoms with Gasteiger partial charge in [0.05, 0.1) is 13.2 Å². The van der Waals surface area contributed by atoms with Crippen molar-refractivity contribution in [1.29, 1.82) is 10.5 Å². The molecule has 0 aliphatic rings. The van der Waals surface area contributed by atoms with E-state index in [2.05, 4.69) is 0 Å². The summed E-state index contributed by atoms with van der Waals surface area (Å²) in [5.74, 6) is -1.33. The molecule has 0 aliphatic heterocycles. The maximum Gasteiger partial charge on any atom is 0.349 e. The molecule has 0 unspecified atom stereocenters. The lowest BCUT2D eigenvalue weighted by Gasteiger charge is -2.09. The van der Waals surface area contributed by atoms with E-state index >= 15 is 0 Å². The van der Waals surface area contributed by atoms with E-state index in [9.17, 15) is 20.1 Å². The molecule has 0 amide bonds. The molecule has 0 radical (unpaired) electrons. The molecule has 0 spiro atoms. The van der Waals surface area contributed by atoms with Gasteiger partial charge in [-0.3, -0.25) is 0 Å². The number of nitrogens with zero attached hydrogens (tertiary/aromatic N) is 2. The maximum absolute atomic E-state index is 11.8. The van der Waals surface area contributed by atoms with E-state index in [1.54, 1.807) is 52.0 Å². The molecular formula is C20H20N2O4. The van der Waals surface area contributed by atoms with Gasteiger partial charge in [-0.15, -0.1) is 0 Å². The highest BCUT2D eigenvalue weighted by Gasteiger charge is 2.17. The lowest BCUT2D eigenvalue weighted by molar-refractivity contribution is -0.138. The molecule has 134 valence electrons. The van der Waals surface area contributed by atoms with Crippen molar-refractivity contribution in [2.24, 2.45) is 0 Å². The van der Waals surface area contributed by atoms with E-state index < -0.39 is 11.9 Å². The Hall–Kier alpha value is -3.38. The zero-order chi connectivity index (χ0) is 19.7. The zero-order valence-corrected chi connectivity index (χ0v) is 15.3. The molecular weight excluding hydrogens is 332 g/mol. The normalized spacial score (nSPS) is 12.1. The van der Waals surface area contributed by atoms with Crippen molar-refractivity contribution in [3.63, 3.8) is 0 Å². The summed E-state index contributed by atoms with van der Waals surface area (Å²) in [5.41, 5.74) is 2.20. The van der Waals surface area contributed by atoms with Crippen LogP contribution >= 0.6 is 0 Å². The van der Waals surface area contributed by atoms with E-state index in [1.165, 1.54) is 0 Å². The van der Waals surface area contributed by atoms with Crippen LogP contribution in [0, 0.1) is 22.7 Å². The lowest BCUT2D eigenvalue weighted by atomic mass is 9.97. The Morgan fingerprint density at radius 1 is 0.808 bits per heavy atom. The van der Waals surface area contributed by atoms with Gasteiger partial charge in [-0.05, 0) is 50.0 Å². The van der Waals surface area contributed by atoms with Crippen LogP contribution in [0.2, 0.25) is 0 Å². The summed E-state index contributed by atoms with van der Waals surface area (Å²) in [6, 6.07) is 10.6. The minimum Gasteiger partial charge on any atom is -0.462 e. The first kappa shape index (κ1) is 20.7. The molecule has 1 aromatic rings. The van der Waals surface area contributed by atoms with Crippen LogP contribution in [-0.4, -0.2) is 25.2 Å². The van der Waals surface area contributed by atoms with E-state index in [1.807, 2.05) is 12.1 Å². The molecule has 0 fully saturated rings. The van der Waals surface area contributed by atoms with Crippen molar-refractivity contribution in [3.05, 3.63) is 46.5 Å². The van der Waals surface area contributed by atoms with Crippen LogP contribution in [0.3, 0.4) is 0 Å². The fourth-order valence-corrected chi connectivity index (χ4v) is 2.23. The van der Waals surface area contributed by atoms with E-state index in [-0.39, 0.29) is 24.4 Å². The first-order valence-corrected chi connectivity index (χ1v) is 8.08. The monoisotopic (exact) mass is 352 g/mol. The summed E-state index contributed by atoms with van der Waals surface area (Å²) >= 11 is 0. The van der Waals surface area contributed by atoms with E-state index in [0.717, 1.165) is 0 Å². The second-order valence-corrected chi connectivity index (χ2v) is 5.24. The van der Waals surface area contributed by atoms with Crippen LogP contribution in [0.15, 0.2) is 35.4 Å². The van der Waals surface area contributed by atoms with Gasteiger partial charge in [-0.25, -0.2) is 9.59 Å². The highest BCUT2D eigenvalue weighted by Crippen LogP contribution is 2.24. The maximum atomic E-state index is 11.8. The van der Waals surface area contributed by atoms with E-state index in [0.29, 0.717) is 22.3 Å². The van der Waals surface area contributed by atoms with Crippen LogP contribution in [0.1, 0.15) is 38.8 Å². The molecule has 26 heavy (non-hydrogen) atoms. The average Bonchev–Trinajstić information content (AvgIpc) is 2.63. The Morgan fingerprint density at radius 2 is 1.12 bits per heavy atom. The number of hydrogen-bond acceptors (Lipinski definition) is 6. The number of rotatable bonds is 6. The minimum absolute atomic E-state index is 0.0592. The number of nitriles is 2. The molecule has 0 saturated heterocycles. The number of carbonyl (C=O) groups is 2. The minimum atomic E-state index is -0.665. The molecule has 0 atom stereocenters. The molecule has 0 aliphatic carbocycles. The summed E-state index contributed by atoms with van der Waals surface area (Å²) < 4.78 is 9.76. The van der Waals surface area contributed by atoms with Crippen molar-refractivity contribution in [1.82, 2.24) is 0 Å². The largest absolute Gasteiger partial charge is 0.462 e. The van der Waals surface area contributed by atoms with Gasteiger partial charge in [0.2, 0.25) is 0 Å². The summed E-state index contributed by atoms with van der Waals surface area (Å²) in [6.07, 6.45) is 0. The third kappa shape index (κ3) is 4.81. The topological polar surface area (TPSA) is 100 Å². The van der Waals surface area contributed by atoms with Gasteiger partial charge in [0.1, 0.15) is 23.3 Å². The third-order valence-corrected chi connectivity index (χ3v) is 3.68. The van der Waals surface area contributed by atoms with Crippen molar-refractivity contribution >= 4 is 23.1 Å².